The van der Waals surface area contributed by atoms with Gasteiger partial charge in [-0.25, -0.2) is 0 Å². The normalized spacial score (nSPS) is 10.1. The number of carbonyl (C=O) groups excluding carboxylic acids is 2. The Hall–Kier alpha value is -3.22. The van der Waals surface area contributed by atoms with Gasteiger partial charge in [0.1, 0.15) is 5.75 Å². The maximum atomic E-state index is 12.2. The van der Waals surface area contributed by atoms with Gasteiger partial charge in [0.25, 0.3) is 5.91 Å². The van der Waals surface area contributed by atoms with Crippen molar-refractivity contribution in [3.63, 3.8) is 0 Å². The van der Waals surface area contributed by atoms with Gasteiger partial charge in [-0.05, 0) is 56.2 Å². The molecule has 150 valence electrons. The molecule has 0 radical (unpaired) electrons. The first-order valence-electron chi connectivity index (χ1n) is 9.05. The number of amides is 2. The molecule has 0 fully saturated rings. The van der Waals surface area contributed by atoms with Crippen LogP contribution in [-0.4, -0.2) is 32.1 Å². The molecule has 0 unspecified atom stereocenters. The molecule has 2 aromatic rings. The minimum absolute atomic E-state index is 0.111. The van der Waals surface area contributed by atoms with Crippen LogP contribution in [0.25, 0.3) is 0 Å². The molecule has 0 aliphatic rings. The molecule has 0 atom stereocenters. The van der Waals surface area contributed by atoms with Gasteiger partial charge in [0.15, 0.2) is 11.5 Å². The van der Waals surface area contributed by atoms with Gasteiger partial charge in [0, 0.05) is 5.56 Å². The monoisotopic (exact) mass is 386 g/mol. The van der Waals surface area contributed by atoms with E-state index < -0.39 is 5.91 Å². The predicted octanol–water partition coefficient (Wildman–Crippen LogP) is 2.94. The van der Waals surface area contributed by atoms with Gasteiger partial charge >= 0.3 is 0 Å². The first kappa shape index (κ1) is 21.1. The van der Waals surface area contributed by atoms with Gasteiger partial charge in [-0.2, -0.15) is 0 Å². The summed E-state index contributed by atoms with van der Waals surface area (Å²) in [6.07, 6.45) is 0.111. The zero-order chi connectivity index (χ0) is 20.5. The topological polar surface area (TPSA) is 85.9 Å². The van der Waals surface area contributed by atoms with E-state index >= 15 is 0 Å². The van der Waals surface area contributed by atoms with Crippen LogP contribution < -0.4 is 25.1 Å². The summed E-state index contributed by atoms with van der Waals surface area (Å²) in [5, 5.41) is 0. The Balaban J connectivity index is 1.82. The Labute approximate surface area is 165 Å². The number of hydrogen-bond acceptors (Lipinski definition) is 5. The summed E-state index contributed by atoms with van der Waals surface area (Å²) in [6, 6.07) is 10.6. The molecule has 0 bridgehead atoms. The lowest BCUT2D eigenvalue weighted by Crippen LogP contribution is -2.42. The summed E-state index contributed by atoms with van der Waals surface area (Å²) in [5.41, 5.74) is 7.27. The molecule has 0 aliphatic heterocycles. The quantitative estimate of drug-likeness (QED) is 0.682. The summed E-state index contributed by atoms with van der Waals surface area (Å²) in [6.45, 7) is 6.53. The van der Waals surface area contributed by atoms with E-state index in [0.29, 0.717) is 23.7 Å². The number of carbonyl (C=O) groups is 2. The predicted molar refractivity (Wildman–Crippen MR) is 106 cm³/mol. The van der Waals surface area contributed by atoms with Crippen molar-refractivity contribution >= 4 is 11.8 Å². The lowest BCUT2D eigenvalue weighted by atomic mass is 10.1. The molecule has 0 saturated heterocycles. The van der Waals surface area contributed by atoms with Crippen LogP contribution in [0.15, 0.2) is 36.4 Å². The standard InChI is InChI=1S/C21H26N2O5/c1-5-27-18-10-9-16(13-19(18)26-4)21(25)23-22-20(24)11-12-28-17-8-6-7-14(2)15(17)3/h6-10,13H,5,11-12H2,1-4H3,(H,22,24)(H,23,25). The van der Waals surface area contributed by atoms with E-state index in [2.05, 4.69) is 10.9 Å². The summed E-state index contributed by atoms with van der Waals surface area (Å²) < 4.78 is 16.3. The van der Waals surface area contributed by atoms with Crippen LogP contribution in [0.4, 0.5) is 0 Å². The third-order valence-electron chi connectivity index (χ3n) is 4.18. The molecular formula is C21H26N2O5. The number of nitrogens with one attached hydrogen (secondary N) is 2. The highest BCUT2D eigenvalue weighted by atomic mass is 16.5. The van der Waals surface area contributed by atoms with Crippen LogP contribution in [0.5, 0.6) is 17.2 Å². The van der Waals surface area contributed by atoms with Crippen molar-refractivity contribution in [2.75, 3.05) is 20.3 Å². The molecule has 0 spiro atoms. The molecule has 0 heterocycles. The molecule has 2 N–H and O–H groups in total. The second kappa shape index (κ2) is 10.2. The largest absolute Gasteiger partial charge is 0.493 e. The highest BCUT2D eigenvalue weighted by Gasteiger charge is 2.12. The molecule has 2 rings (SSSR count). The fraction of sp³-hybridized carbons (Fsp3) is 0.333. The first-order chi connectivity index (χ1) is 13.5. The van der Waals surface area contributed by atoms with Crippen molar-refractivity contribution < 1.29 is 23.8 Å². The van der Waals surface area contributed by atoms with E-state index in [9.17, 15) is 9.59 Å². The van der Waals surface area contributed by atoms with Crippen LogP contribution in [0.2, 0.25) is 0 Å². The average molecular weight is 386 g/mol. The van der Waals surface area contributed by atoms with Crippen molar-refractivity contribution in [2.45, 2.75) is 27.2 Å². The maximum absolute atomic E-state index is 12.2. The van der Waals surface area contributed by atoms with E-state index in [1.54, 1.807) is 18.2 Å². The third-order valence-corrected chi connectivity index (χ3v) is 4.18. The zero-order valence-corrected chi connectivity index (χ0v) is 16.6. The Morgan fingerprint density at radius 1 is 0.964 bits per heavy atom. The SMILES string of the molecule is CCOc1ccc(C(=O)NNC(=O)CCOc2cccc(C)c2C)cc1OC. The second-order valence-electron chi connectivity index (χ2n) is 6.10. The Morgan fingerprint density at radius 2 is 1.75 bits per heavy atom. The van der Waals surface area contributed by atoms with Crippen LogP contribution in [0.3, 0.4) is 0 Å². The van der Waals surface area contributed by atoms with Gasteiger partial charge in [-0.1, -0.05) is 12.1 Å². The lowest BCUT2D eigenvalue weighted by molar-refractivity contribution is -0.122. The summed E-state index contributed by atoms with van der Waals surface area (Å²) in [7, 11) is 1.50. The number of hydrogen-bond donors (Lipinski definition) is 2. The van der Waals surface area contributed by atoms with E-state index in [1.807, 2.05) is 39.0 Å². The summed E-state index contributed by atoms with van der Waals surface area (Å²) >= 11 is 0. The number of hydrazine groups is 1. The van der Waals surface area contributed by atoms with Crippen LogP contribution in [0.1, 0.15) is 34.8 Å². The Morgan fingerprint density at radius 3 is 2.46 bits per heavy atom. The lowest BCUT2D eigenvalue weighted by Gasteiger charge is -2.12. The van der Waals surface area contributed by atoms with E-state index in [-0.39, 0.29) is 18.9 Å². The summed E-state index contributed by atoms with van der Waals surface area (Å²) in [4.78, 5) is 24.1. The van der Waals surface area contributed by atoms with Gasteiger partial charge < -0.3 is 14.2 Å². The number of aryl methyl sites for hydroxylation is 1. The van der Waals surface area contributed by atoms with Crippen LogP contribution in [-0.2, 0) is 4.79 Å². The molecule has 7 heteroatoms. The Bertz CT molecular complexity index is 836. The van der Waals surface area contributed by atoms with Crippen molar-refractivity contribution in [1.29, 1.82) is 0 Å². The van der Waals surface area contributed by atoms with E-state index in [4.69, 9.17) is 14.2 Å². The molecular weight excluding hydrogens is 360 g/mol. The molecule has 0 aromatic heterocycles. The van der Waals surface area contributed by atoms with Gasteiger partial charge in [0.2, 0.25) is 5.91 Å². The number of ether oxygens (including phenoxy) is 3. The Kier molecular flexibility index (Phi) is 7.68. The van der Waals surface area contributed by atoms with E-state index in [0.717, 1.165) is 16.9 Å². The third kappa shape index (κ3) is 5.64. The van der Waals surface area contributed by atoms with Crippen LogP contribution >= 0.6 is 0 Å². The van der Waals surface area contributed by atoms with Gasteiger partial charge in [-0.15, -0.1) is 0 Å². The van der Waals surface area contributed by atoms with Crippen molar-refractivity contribution in [2.24, 2.45) is 0 Å². The smallest absolute Gasteiger partial charge is 0.269 e. The molecule has 0 aliphatic carbocycles. The number of benzene rings is 2. The highest BCUT2D eigenvalue weighted by Crippen LogP contribution is 2.27. The van der Waals surface area contributed by atoms with Crippen molar-refractivity contribution in [1.82, 2.24) is 10.9 Å². The van der Waals surface area contributed by atoms with Gasteiger partial charge in [0.05, 0.1) is 26.7 Å². The molecule has 7 nitrogen and oxygen atoms in total. The molecule has 28 heavy (non-hydrogen) atoms. The minimum atomic E-state index is -0.454. The maximum Gasteiger partial charge on any atom is 0.269 e. The number of methoxy groups -OCH3 is 1. The van der Waals surface area contributed by atoms with Gasteiger partial charge in [-0.3, -0.25) is 20.4 Å². The van der Waals surface area contributed by atoms with Crippen molar-refractivity contribution in [3.8, 4) is 17.2 Å². The van der Waals surface area contributed by atoms with E-state index in [1.165, 1.54) is 7.11 Å². The number of rotatable bonds is 8. The second-order valence-corrected chi connectivity index (χ2v) is 6.10. The highest BCUT2D eigenvalue weighted by molar-refractivity contribution is 5.96. The minimum Gasteiger partial charge on any atom is -0.493 e. The first-order valence-corrected chi connectivity index (χ1v) is 9.05. The zero-order valence-electron chi connectivity index (χ0n) is 16.6. The average Bonchev–Trinajstić information content (AvgIpc) is 2.69. The van der Waals surface area contributed by atoms with Crippen molar-refractivity contribution in [3.05, 3.63) is 53.1 Å². The molecule has 2 amide bonds. The summed E-state index contributed by atoms with van der Waals surface area (Å²) in [5.74, 6) is 0.942. The fourth-order valence-electron chi connectivity index (χ4n) is 2.48. The van der Waals surface area contributed by atoms with Crippen LogP contribution in [0, 0.1) is 13.8 Å². The fourth-order valence-corrected chi connectivity index (χ4v) is 2.48. The molecule has 2 aromatic carbocycles. The molecule has 0 saturated carbocycles.